The van der Waals surface area contributed by atoms with Gasteiger partial charge in [-0.05, 0) is 6.42 Å². The molecule has 1 saturated heterocycles. The zero-order chi connectivity index (χ0) is 8.97. The number of carbonyl (C=O) groups excluding carboxylic acids is 1. The lowest BCUT2D eigenvalue weighted by Crippen LogP contribution is -2.49. The molecule has 0 aromatic rings. The Kier molecular flexibility index (Phi) is 3.49. The van der Waals surface area contributed by atoms with Gasteiger partial charge in [-0.15, -0.1) is 0 Å². The first kappa shape index (κ1) is 9.48. The lowest BCUT2D eigenvalue weighted by Gasteiger charge is -2.31. The summed E-state index contributed by atoms with van der Waals surface area (Å²) in [4.78, 5) is 13.0. The van der Waals surface area contributed by atoms with Gasteiger partial charge in [0.15, 0.2) is 0 Å². The summed E-state index contributed by atoms with van der Waals surface area (Å²) < 4.78 is 5.20. The van der Waals surface area contributed by atoms with Gasteiger partial charge in [0, 0.05) is 19.6 Å². The van der Waals surface area contributed by atoms with Crippen LogP contribution >= 0.6 is 0 Å². The summed E-state index contributed by atoms with van der Waals surface area (Å²) in [6.45, 7) is 4.22. The fraction of sp³-hybridized carbons (Fsp3) is 0.875. The number of morpholine rings is 1. The minimum atomic E-state index is 0.0363. The molecule has 1 aliphatic rings. The predicted molar refractivity (Wildman–Crippen MR) is 45.7 cm³/mol. The zero-order valence-corrected chi connectivity index (χ0v) is 7.45. The fourth-order valence-electron chi connectivity index (χ4n) is 1.31. The van der Waals surface area contributed by atoms with Gasteiger partial charge in [-0.25, -0.2) is 0 Å². The third-order valence-electron chi connectivity index (χ3n) is 1.98. The molecular formula is C8H16N2O2. The van der Waals surface area contributed by atoms with Crippen molar-refractivity contribution >= 4 is 5.91 Å². The van der Waals surface area contributed by atoms with E-state index in [9.17, 15) is 4.79 Å². The van der Waals surface area contributed by atoms with Gasteiger partial charge < -0.3 is 15.4 Å². The third-order valence-corrected chi connectivity index (χ3v) is 1.98. The van der Waals surface area contributed by atoms with Gasteiger partial charge in [-0.2, -0.15) is 0 Å². The predicted octanol–water partition coefficient (Wildman–Crippen LogP) is -0.417. The molecular weight excluding hydrogens is 156 g/mol. The Morgan fingerprint density at radius 1 is 1.75 bits per heavy atom. The van der Waals surface area contributed by atoms with E-state index in [0.29, 0.717) is 13.1 Å². The van der Waals surface area contributed by atoms with Gasteiger partial charge in [0.25, 0.3) is 0 Å². The number of ether oxygens (including phenoxy) is 1. The molecule has 1 atom stereocenters. The van der Waals surface area contributed by atoms with E-state index in [1.807, 2.05) is 4.90 Å². The van der Waals surface area contributed by atoms with Gasteiger partial charge in [0.1, 0.15) is 6.61 Å². The van der Waals surface area contributed by atoms with Crippen LogP contribution in [0.1, 0.15) is 13.3 Å². The minimum Gasteiger partial charge on any atom is -0.365 e. The molecule has 0 bridgehead atoms. The van der Waals surface area contributed by atoms with Crippen LogP contribution in [0.25, 0.3) is 0 Å². The number of carbonyl (C=O) groups is 1. The molecule has 1 heterocycles. The van der Waals surface area contributed by atoms with E-state index in [-0.39, 0.29) is 18.6 Å². The smallest absolute Gasteiger partial charge is 0.248 e. The number of rotatable bonds is 3. The number of amides is 1. The van der Waals surface area contributed by atoms with E-state index in [2.05, 4.69) is 6.92 Å². The van der Waals surface area contributed by atoms with Crippen LogP contribution in [0.5, 0.6) is 0 Å². The van der Waals surface area contributed by atoms with E-state index in [1.165, 1.54) is 0 Å². The van der Waals surface area contributed by atoms with Crippen molar-refractivity contribution in [3.8, 4) is 0 Å². The van der Waals surface area contributed by atoms with Crippen molar-refractivity contribution in [3.63, 3.8) is 0 Å². The fourth-order valence-corrected chi connectivity index (χ4v) is 1.31. The number of nitrogens with zero attached hydrogens (tertiary/aromatic N) is 1. The Balaban J connectivity index is 2.41. The average molecular weight is 172 g/mol. The minimum absolute atomic E-state index is 0.0363. The Bertz CT molecular complexity index is 161. The Morgan fingerprint density at radius 3 is 3.08 bits per heavy atom. The standard InChI is InChI=1S/C8H16N2O2/c1-2-3-10-5-7(4-9)12-6-8(10)11/h7H,2-6,9H2,1H3. The average Bonchev–Trinajstić information content (AvgIpc) is 2.09. The van der Waals surface area contributed by atoms with Crippen molar-refractivity contribution in [1.82, 2.24) is 4.90 Å². The van der Waals surface area contributed by atoms with Crippen molar-refractivity contribution in [2.24, 2.45) is 5.73 Å². The van der Waals surface area contributed by atoms with Gasteiger partial charge in [-0.3, -0.25) is 4.79 Å². The van der Waals surface area contributed by atoms with Gasteiger partial charge >= 0.3 is 0 Å². The lowest BCUT2D eigenvalue weighted by atomic mass is 10.2. The monoisotopic (exact) mass is 172 g/mol. The van der Waals surface area contributed by atoms with Gasteiger partial charge in [0.2, 0.25) is 5.91 Å². The largest absolute Gasteiger partial charge is 0.365 e. The van der Waals surface area contributed by atoms with Gasteiger partial charge in [0.05, 0.1) is 6.10 Å². The van der Waals surface area contributed by atoms with Crippen molar-refractivity contribution in [2.45, 2.75) is 19.4 Å². The first-order valence-electron chi connectivity index (χ1n) is 4.37. The first-order valence-corrected chi connectivity index (χ1v) is 4.37. The highest BCUT2D eigenvalue weighted by molar-refractivity contribution is 5.78. The molecule has 0 aliphatic carbocycles. The van der Waals surface area contributed by atoms with Crippen LogP contribution in [-0.2, 0) is 9.53 Å². The number of hydrogen-bond acceptors (Lipinski definition) is 3. The van der Waals surface area contributed by atoms with Crippen LogP contribution in [0, 0.1) is 0 Å². The molecule has 4 heteroatoms. The maximum Gasteiger partial charge on any atom is 0.248 e. The van der Waals surface area contributed by atoms with Crippen LogP contribution in [0.2, 0.25) is 0 Å². The van der Waals surface area contributed by atoms with E-state index >= 15 is 0 Å². The van der Waals surface area contributed by atoms with Crippen LogP contribution in [0.3, 0.4) is 0 Å². The summed E-state index contributed by atoms with van der Waals surface area (Å²) in [7, 11) is 0. The van der Waals surface area contributed by atoms with Crippen LogP contribution < -0.4 is 5.73 Å². The van der Waals surface area contributed by atoms with E-state index < -0.39 is 0 Å². The molecule has 1 aliphatic heterocycles. The summed E-state index contributed by atoms with van der Waals surface area (Å²) in [6, 6.07) is 0. The molecule has 1 amide bonds. The molecule has 1 rings (SSSR count). The second-order valence-electron chi connectivity index (χ2n) is 3.01. The number of hydrogen-bond donors (Lipinski definition) is 1. The molecule has 1 fully saturated rings. The molecule has 12 heavy (non-hydrogen) atoms. The number of nitrogens with two attached hydrogens (primary N) is 1. The highest BCUT2D eigenvalue weighted by atomic mass is 16.5. The van der Waals surface area contributed by atoms with Crippen LogP contribution in [0.4, 0.5) is 0 Å². The maximum atomic E-state index is 11.2. The summed E-state index contributed by atoms with van der Waals surface area (Å²) in [5.41, 5.74) is 5.44. The second-order valence-corrected chi connectivity index (χ2v) is 3.01. The molecule has 70 valence electrons. The summed E-state index contributed by atoms with van der Waals surface area (Å²) in [5.74, 6) is 0.0848. The van der Waals surface area contributed by atoms with E-state index in [0.717, 1.165) is 13.0 Å². The maximum absolute atomic E-state index is 11.2. The molecule has 2 N–H and O–H groups in total. The highest BCUT2D eigenvalue weighted by Gasteiger charge is 2.24. The molecule has 0 saturated carbocycles. The van der Waals surface area contributed by atoms with Crippen molar-refractivity contribution in [2.75, 3.05) is 26.2 Å². The van der Waals surface area contributed by atoms with E-state index in [1.54, 1.807) is 0 Å². The molecule has 1 unspecified atom stereocenters. The zero-order valence-electron chi connectivity index (χ0n) is 7.45. The normalized spacial score (nSPS) is 24.7. The van der Waals surface area contributed by atoms with Crippen LogP contribution in [0.15, 0.2) is 0 Å². The molecule has 0 spiro atoms. The highest BCUT2D eigenvalue weighted by Crippen LogP contribution is 2.05. The summed E-state index contributed by atoms with van der Waals surface area (Å²) in [5, 5.41) is 0. The first-order chi connectivity index (χ1) is 5.77. The van der Waals surface area contributed by atoms with Crippen LogP contribution in [-0.4, -0.2) is 43.2 Å². The molecule has 0 aromatic heterocycles. The Labute approximate surface area is 72.7 Å². The third kappa shape index (κ3) is 2.19. The van der Waals surface area contributed by atoms with Crippen molar-refractivity contribution in [3.05, 3.63) is 0 Å². The van der Waals surface area contributed by atoms with E-state index in [4.69, 9.17) is 10.5 Å². The Hall–Kier alpha value is -0.610. The topological polar surface area (TPSA) is 55.6 Å². The summed E-state index contributed by atoms with van der Waals surface area (Å²) >= 11 is 0. The lowest BCUT2D eigenvalue weighted by molar-refractivity contribution is -0.148. The quantitative estimate of drug-likeness (QED) is 0.629. The summed E-state index contributed by atoms with van der Waals surface area (Å²) in [6.07, 6.45) is 1.03. The van der Waals surface area contributed by atoms with Crippen molar-refractivity contribution < 1.29 is 9.53 Å². The van der Waals surface area contributed by atoms with Crippen molar-refractivity contribution in [1.29, 1.82) is 0 Å². The Morgan fingerprint density at radius 2 is 2.50 bits per heavy atom. The van der Waals surface area contributed by atoms with Gasteiger partial charge in [-0.1, -0.05) is 6.92 Å². The molecule has 0 aromatic carbocycles. The molecule has 4 nitrogen and oxygen atoms in total. The SMILES string of the molecule is CCCN1CC(CN)OCC1=O. The molecule has 0 radical (unpaired) electrons. The second kappa shape index (κ2) is 4.42.